The molecule has 0 radical (unpaired) electrons. The maximum absolute atomic E-state index is 14.0. The van der Waals surface area contributed by atoms with Crippen molar-refractivity contribution in [2.75, 3.05) is 38.6 Å². The predicted octanol–water partition coefficient (Wildman–Crippen LogP) is 2.36. The third kappa shape index (κ3) is 3.69. The standard InChI is InChI=1S/C17H24FN5/c1-21(2)10-11-22-9-7-20-17(22)14-4-3-8-23(13-14)16-5-6-19-12-15(16)18/h5-7,9,12,14H,3-4,8,10-11,13H2,1-2H3. The fourth-order valence-corrected chi connectivity index (χ4v) is 3.21. The van der Waals surface area contributed by atoms with E-state index in [0.29, 0.717) is 11.6 Å². The van der Waals surface area contributed by atoms with Gasteiger partial charge < -0.3 is 14.4 Å². The van der Waals surface area contributed by atoms with E-state index in [2.05, 4.69) is 38.4 Å². The molecule has 0 spiro atoms. The first-order valence-electron chi connectivity index (χ1n) is 8.15. The molecule has 5 nitrogen and oxygen atoms in total. The third-order valence-corrected chi connectivity index (χ3v) is 4.41. The summed E-state index contributed by atoms with van der Waals surface area (Å²) in [5.41, 5.74) is 0.649. The Morgan fingerprint density at radius 1 is 1.35 bits per heavy atom. The van der Waals surface area contributed by atoms with Crippen LogP contribution in [-0.4, -0.2) is 53.2 Å². The maximum Gasteiger partial charge on any atom is 0.164 e. The lowest BCUT2D eigenvalue weighted by molar-refractivity contribution is 0.373. The topological polar surface area (TPSA) is 37.2 Å². The molecule has 1 aliphatic rings. The van der Waals surface area contributed by atoms with E-state index < -0.39 is 0 Å². The van der Waals surface area contributed by atoms with Crippen molar-refractivity contribution in [3.63, 3.8) is 0 Å². The molecule has 0 aromatic carbocycles. The Balaban J connectivity index is 1.74. The smallest absolute Gasteiger partial charge is 0.164 e. The zero-order valence-electron chi connectivity index (χ0n) is 13.8. The van der Waals surface area contributed by atoms with Crippen LogP contribution in [0.3, 0.4) is 0 Å². The number of hydrogen-bond acceptors (Lipinski definition) is 4. The summed E-state index contributed by atoms with van der Waals surface area (Å²) < 4.78 is 16.2. The minimum Gasteiger partial charge on any atom is -0.368 e. The van der Waals surface area contributed by atoms with E-state index >= 15 is 0 Å². The second-order valence-electron chi connectivity index (χ2n) is 6.39. The van der Waals surface area contributed by atoms with Gasteiger partial charge in [-0.15, -0.1) is 0 Å². The lowest BCUT2D eigenvalue weighted by atomic mass is 9.96. The monoisotopic (exact) mass is 317 g/mol. The molecule has 23 heavy (non-hydrogen) atoms. The van der Waals surface area contributed by atoms with Crippen LogP contribution < -0.4 is 4.90 Å². The number of rotatable bonds is 5. The fraction of sp³-hybridized carbons (Fsp3) is 0.529. The average molecular weight is 317 g/mol. The number of likely N-dealkylation sites (N-methyl/N-ethyl adjacent to an activating group) is 1. The normalized spacial score (nSPS) is 18.6. The number of piperidine rings is 1. The van der Waals surface area contributed by atoms with Crippen LogP contribution in [0.4, 0.5) is 10.1 Å². The van der Waals surface area contributed by atoms with Crippen LogP contribution in [0.25, 0.3) is 0 Å². The number of aromatic nitrogens is 3. The number of anilines is 1. The van der Waals surface area contributed by atoms with Crippen LogP contribution >= 0.6 is 0 Å². The Morgan fingerprint density at radius 3 is 3.00 bits per heavy atom. The summed E-state index contributed by atoms with van der Waals surface area (Å²) in [5, 5.41) is 0. The van der Waals surface area contributed by atoms with Crippen molar-refractivity contribution in [3.05, 3.63) is 42.5 Å². The number of halogens is 1. The second-order valence-corrected chi connectivity index (χ2v) is 6.39. The number of nitrogens with zero attached hydrogens (tertiary/aromatic N) is 5. The van der Waals surface area contributed by atoms with Crippen molar-refractivity contribution in [3.8, 4) is 0 Å². The number of hydrogen-bond donors (Lipinski definition) is 0. The van der Waals surface area contributed by atoms with E-state index in [0.717, 1.165) is 44.8 Å². The Kier molecular flexibility index (Phi) is 4.91. The molecule has 0 bridgehead atoms. The average Bonchev–Trinajstić information content (AvgIpc) is 3.02. The van der Waals surface area contributed by atoms with Crippen molar-refractivity contribution in [2.45, 2.75) is 25.3 Å². The molecule has 0 aliphatic carbocycles. The van der Waals surface area contributed by atoms with Gasteiger partial charge >= 0.3 is 0 Å². The second kappa shape index (κ2) is 7.08. The van der Waals surface area contributed by atoms with Crippen molar-refractivity contribution >= 4 is 5.69 Å². The van der Waals surface area contributed by atoms with Gasteiger partial charge in [-0.3, -0.25) is 4.98 Å². The van der Waals surface area contributed by atoms with Gasteiger partial charge in [-0.2, -0.15) is 0 Å². The largest absolute Gasteiger partial charge is 0.368 e. The van der Waals surface area contributed by atoms with Crippen molar-refractivity contribution in [1.29, 1.82) is 0 Å². The van der Waals surface area contributed by atoms with Crippen LogP contribution in [0, 0.1) is 5.82 Å². The summed E-state index contributed by atoms with van der Waals surface area (Å²) in [4.78, 5) is 12.7. The molecule has 1 unspecified atom stereocenters. The van der Waals surface area contributed by atoms with Gasteiger partial charge in [-0.1, -0.05) is 0 Å². The van der Waals surface area contributed by atoms with Crippen LogP contribution in [0.2, 0.25) is 0 Å². The molecule has 1 aliphatic heterocycles. The molecule has 2 aromatic rings. The van der Waals surface area contributed by atoms with Gasteiger partial charge in [0.15, 0.2) is 5.82 Å². The van der Waals surface area contributed by atoms with Gasteiger partial charge in [-0.25, -0.2) is 9.37 Å². The van der Waals surface area contributed by atoms with Gasteiger partial charge in [0.2, 0.25) is 0 Å². The van der Waals surface area contributed by atoms with Crippen molar-refractivity contribution in [2.24, 2.45) is 0 Å². The molecule has 1 saturated heterocycles. The van der Waals surface area contributed by atoms with E-state index in [1.54, 1.807) is 12.3 Å². The van der Waals surface area contributed by atoms with E-state index in [1.165, 1.54) is 6.20 Å². The van der Waals surface area contributed by atoms with Crippen molar-refractivity contribution < 1.29 is 4.39 Å². The van der Waals surface area contributed by atoms with E-state index in [-0.39, 0.29) is 5.82 Å². The Hall–Kier alpha value is -1.95. The molecule has 1 atom stereocenters. The molecule has 3 rings (SSSR count). The highest BCUT2D eigenvalue weighted by Crippen LogP contribution is 2.30. The summed E-state index contributed by atoms with van der Waals surface area (Å²) in [6.07, 6.45) is 9.01. The first-order chi connectivity index (χ1) is 11.1. The van der Waals surface area contributed by atoms with Crippen LogP contribution in [0.5, 0.6) is 0 Å². The zero-order chi connectivity index (χ0) is 16.2. The SMILES string of the molecule is CN(C)CCn1ccnc1C1CCCN(c2ccncc2F)C1. The highest BCUT2D eigenvalue weighted by molar-refractivity contribution is 5.47. The van der Waals surface area contributed by atoms with Gasteiger partial charge in [0.05, 0.1) is 11.9 Å². The molecule has 2 aromatic heterocycles. The Morgan fingerprint density at radius 2 is 2.22 bits per heavy atom. The van der Waals surface area contributed by atoms with Gasteiger partial charge in [0.1, 0.15) is 5.82 Å². The van der Waals surface area contributed by atoms with Gasteiger partial charge in [0.25, 0.3) is 0 Å². The van der Waals surface area contributed by atoms with E-state index in [4.69, 9.17) is 0 Å². The third-order valence-electron chi connectivity index (χ3n) is 4.41. The molecule has 3 heterocycles. The molecule has 0 N–H and O–H groups in total. The molecule has 0 saturated carbocycles. The molecule has 1 fully saturated rings. The highest BCUT2D eigenvalue weighted by Gasteiger charge is 2.26. The Bertz CT molecular complexity index is 639. The summed E-state index contributed by atoms with van der Waals surface area (Å²) in [7, 11) is 4.15. The van der Waals surface area contributed by atoms with Gasteiger partial charge in [-0.05, 0) is 33.0 Å². The minimum absolute atomic E-state index is 0.246. The zero-order valence-corrected chi connectivity index (χ0v) is 13.8. The lowest BCUT2D eigenvalue weighted by Crippen LogP contribution is -2.36. The van der Waals surface area contributed by atoms with Gasteiger partial charge in [0, 0.05) is 50.7 Å². The van der Waals surface area contributed by atoms with Crippen LogP contribution in [0.15, 0.2) is 30.9 Å². The number of imidazole rings is 1. The predicted molar refractivity (Wildman–Crippen MR) is 89.2 cm³/mol. The first-order valence-corrected chi connectivity index (χ1v) is 8.15. The molecule has 6 heteroatoms. The quantitative estimate of drug-likeness (QED) is 0.848. The molecular formula is C17H24FN5. The fourth-order valence-electron chi connectivity index (χ4n) is 3.21. The maximum atomic E-state index is 14.0. The molecule has 124 valence electrons. The Labute approximate surface area is 136 Å². The lowest BCUT2D eigenvalue weighted by Gasteiger charge is -2.34. The van der Waals surface area contributed by atoms with E-state index in [1.807, 2.05) is 12.4 Å². The summed E-state index contributed by atoms with van der Waals surface area (Å²) in [5.74, 6) is 1.21. The van der Waals surface area contributed by atoms with Crippen molar-refractivity contribution in [1.82, 2.24) is 19.4 Å². The first kappa shape index (κ1) is 15.9. The summed E-state index contributed by atoms with van der Waals surface area (Å²) in [6, 6.07) is 1.76. The molecule has 0 amide bonds. The molecular weight excluding hydrogens is 293 g/mol. The van der Waals surface area contributed by atoms with E-state index in [9.17, 15) is 4.39 Å². The van der Waals surface area contributed by atoms with Crippen LogP contribution in [0.1, 0.15) is 24.6 Å². The van der Waals surface area contributed by atoms with Crippen LogP contribution in [-0.2, 0) is 6.54 Å². The summed E-state index contributed by atoms with van der Waals surface area (Å²) >= 11 is 0. The highest BCUT2D eigenvalue weighted by atomic mass is 19.1. The minimum atomic E-state index is -0.246. The number of pyridine rings is 1. The summed E-state index contributed by atoms with van der Waals surface area (Å²) in [6.45, 7) is 3.61.